The van der Waals surface area contributed by atoms with Crippen molar-refractivity contribution in [3.05, 3.63) is 95.4 Å². The number of halogens is 1. The number of carbonyl (C=O) groups excluding carboxylic acids is 1. The summed E-state index contributed by atoms with van der Waals surface area (Å²) in [6, 6.07) is 20.7. The molecule has 7 heteroatoms. The van der Waals surface area contributed by atoms with Gasteiger partial charge in [-0.25, -0.2) is 4.39 Å². The molecule has 0 radical (unpaired) electrons. The zero-order chi connectivity index (χ0) is 22.5. The van der Waals surface area contributed by atoms with Gasteiger partial charge in [0.25, 0.3) is 5.91 Å². The van der Waals surface area contributed by atoms with Crippen molar-refractivity contribution in [1.29, 1.82) is 0 Å². The fourth-order valence-corrected chi connectivity index (χ4v) is 3.60. The molecule has 3 aromatic carbocycles. The largest absolute Gasteiger partial charge is 0.494 e. The lowest BCUT2D eigenvalue weighted by Crippen LogP contribution is -2.30. The zero-order valence-electron chi connectivity index (χ0n) is 17.4. The fourth-order valence-electron chi connectivity index (χ4n) is 3.30. The van der Waals surface area contributed by atoms with Gasteiger partial charge in [0, 0.05) is 5.56 Å². The predicted molar refractivity (Wildman–Crippen MR) is 126 cm³/mol. The normalized spacial score (nSPS) is 14.6. The van der Waals surface area contributed by atoms with Gasteiger partial charge in [-0.1, -0.05) is 30.3 Å². The number of rotatable bonds is 7. The van der Waals surface area contributed by atoms with E-state index >= 15 is 0 Å². The molecular formula is C25H21FN2O3S. The molecule has 3 aromatic rings. The van der Waals surface area contributed by atoms with Crippen molar-refractivity contribution in [3.8, 4) is 11.5 Å². The molecule has 32 heavy (non-hydrogen) atoms. The van der Waals surface area contributed by atoms with Crippen molar-refractivity contribution in [3.63, 3.8) is 0 Å². The van der Waals surface area contributed by atoms with Gasteiger partial charge < -0.3 is 14.8 Å². The van der Waals surface area contributed by atoms with E-state index in [0.717, 1.165) is 5.75 Å². The van der Waals surface area contributed by atoms with E-state index in [1.165, 1.54) is 17.0 Å². The molecule has 0 saturated carbocycles. The first kappa shape index (κ1) is 21.5. The first-order valence-corrected chi connectivity index (χ1v) is 10.5. The van der Waals surface area contributed by atoms with Crippen molar-refractivity contribution >= 4 is 35.0 Å². The van der Waals surface area contributed by atoms with Gasteiger partial charge in [0.2, 0.25) is 0 Å². The lowest BCUT2D eigenvalue weighted by molar-refractivity contribution is -0.113. The van der Waals surface area contributed by atoms with Gasteiger partial charge in [-0.3, -0.25) is 9.69 Å². The monoisotopic (exact) mass is 448 g/mol. The Morgan fingerprint density at radius 3 is 2.56 bits per heavy atom. The number of amides is 1. The van der Waals surface area contributed by atoms with Gasteiger partial charge in [0.15, 0.2) is 5.11 Å². The highest BCUT2D eigenvalue weighted by Gasteiger charge is 2.32. The van der Waals surface area contributed by atoms with Crippen molar-refractivity contribution in [2.75, 3.05) is 11.5 Å². The summed E-state index contributed by atoms with van der Waals surface area (Å²) in [4.78, 5) is 14.5. The van der Waals surface area contributed by atoms with Crippen LogP contribution in [-0.2, 0) is 11.4 Å². The van der Waals surface area contributed by atoms with Gasteiger partial charge in [0.1, 0.15) is 29.6 Å². The van der Waals surface area contributed by atoms with Crippen LogP contribution in [-0.4, -0.2) is 17.6 Å². The molecule has 0 aromatic heterocycles. The molecule has 0 unspecified atom stereocenters. The average molecular weight is 449 g/mol. The highest BCUT2D eigenvalue weighted by Crippen LogP contribution is 2.27. The minimum atomic E-state index is -0.315. The minimum Gasteiger partial charge on any atom is -0.494 e. The Hall–Kier alpha value is -3.71. The number of hydrogen-bond donors (Lipinski definition) is 1. The van der Waals surface area contributed by atoms with E-state index in [2.05, 4.69) is 5.32 Å². The van der Waals surface area contributed by atoms with E-state index in [-0.39, 0.29) is 18.3 Å². The van der Waals surface area contributed by atoms with Crippen LogP contribution < -0.4 is 19.7 Å². The quantitative estimate of drug-likeness (QED) is 0.404. The molecule has 1 fully saturated rings. The summed E-state index contributed by atoms with van der Waals surface area (Å²) < 4.78 is 24.8. The number of para-hydroxylation sites is 1. The summed E-state index contributed by atoms with van der Waals surface area (Å²) >= 11 is 5.39. The lowest BCUT2D eigenvalue weighted by atomic mass is 10.1. The van der Waals surface area contributed by atoms with Crippen molar-refractivity contribution in [2.45, 2.75) is 13.5 Å². The molecule has 1 aliphatic heterocycles. The molecule has 1 amide bonds. The van der Waals surface area contributed by atoms with Crippen molar-refractivity contribution < 1.29 is 18.7 Å². The molecule has 1 aliphatic rings. The maximum absolute atomic E-state index is 13.4. The Balaban J connectivity index is 1.54. The van der Waals surface area contributed by atoms with Crippen LogP contribution in [0.4, 0.5) is 10.1 Å². The molecule has 4 rings (SSSR count). The molecule has 1 N–H and O–H groups in total. The predicted octanol–water partition coefficient (Wildman–Crippen LogP) is 5.07. The van der Waals surface area contributed by atoms with Crippen LogP contribution >= 0.6 is 12.2 Å². The summed E-state index contributed by atoms with van der Waals surface area (Å²) in [5, 5.41) is 3.28. The van der Waals surface area contributed by atoms with Crippen LogP contribution in [0.15, 0.2) is 78.5 Å². The second kappa shape index (κ2) is 9.62. The summed E-state index contributed by atoms with van der Waals surface area (Å²) in [6.07, 6.45) is 1.70. The summed E-state index contributed by atoms with van der Waals surface area (Å²) in [5.41, 5.74) is 2.40. The number of thiocarbonyl (C=S) groups is 1. The van der Waals surface area contributed by atoms with E-state index in [4.69, 9.17) is 21.7 Å². The van der Waals surface area contributed by atoms with Gasteiger partial charge in [-0.2, -0.15) is 0 Å². The second-order valence-corrected chi connectivity index (χ2v) is 7.40. The second-order valence-electron chi connectivity index (χ2n) is 7.01. The standard InChI is InChI=1S/C25H21FN2O3S/c1-2-30-21-12-10-20(11-13-21)28-24(29)22(27-25(28)32)15-18-7-3-4-9-23(18)31-16-17-6-5-8-19(26)14-17/h3-15H,2,16H2,1H3,(H,27,32)/b22-15-. The third-order valence-corrected chi connectivity index (χ3v) is 5.07. The third kappa shape index (κ3) is 4.78. The Morgan fingerprint density at radius 2 is 1.81 bits per heavy atom. The van der Waals surface area contributed by atoms with Crippen LogP contribution in [0.3, 0.4) is 0 Å². The van der Waals surface area contributed by atoms with Gasteiger partial charge >= 0.3 is 0 Å². The number of nitrogens with zero attached hydrogens (tertiary/aromatic N) is 1. The zero-order valence-corrected chi connectivity index (χ0v) is 18.2. The number of benzene rings is 3. The topological polar surface area (TPSA) is 50.8 Å². The van der Waals surface area contributed by atoms with Gasteiger partial charge in [-0.15, -0.1) is 0 Å². The maximum atomic E-state index is 13.4. The molecule has 0 spiro atoms. The molecule has 0 atom stereocenters. The summed E-state index contributed by atoms with van der Waals surface area (Å²) in [7, 11) is 0. The van der Waals surface area contributed by atoms with Crippen LogP contribution in [0.25, 0.3) is 6.08 Å². The van der Waals surface area contributed by atoms with Crippen LogP contribution in [0.1, 0.15) is 18.1 Å². The summed E-state index contributed by atoms with van der Waals surface area (Å²) in [5.74, 6) is 0.718. The van der Waals surface area contributed by atoms with E-state index in [1.54, 1.807) is 48.5 Å². The highest BCUT2D eigenvalue weighted by molar-refractivity contribution is 7.80. The molecule has 0 bridgehead atoms. The number of anilines is 1. The Kier molecular flexibility index (Phi) is 6.47. The number of carbonyl (C=O) groups is 1. The Bertz CT molecular complexity index is 1180. The van der Waals surface area contributed by atoms with Crippen molar-refractivity contribution in [2.24, 2.45) is 0 Å². The lowest BCUT2D eigenvalue weighted by Gasteiger charge is -2.14. The molecule has 162 valence electrons. The maximum Gasteiger partial charge on any atom is 0.281 e. The van der Waals surface area contributed by atoms with E-state index in [0.29, 0.717) is 40.0 Å². The number of ether oxygens (including phenoxy) is 2. The Labute approximate surface area is 191 Å². The molecule has 5 nitrogen and oxygen atoms in total. The molecule has 1 saturated heterocycles. The first-order valence-electron chi connectivity index (χ1n) is 10.1. The third-order valence-electron chi connectivity index (χ3n) is 4.79. The van der Waals surface area contributed by atoms with Crippen LogP contribution in [0.2, 0.25) is 0 Å². The highest BCUT2D eigenvalue weighted by atomic mass is 32.1. The Morgan fingerprint density at radius 1 is 1.03 bits per heavy atom. The molecular weight excluding hydrogens is 427 g/mol. The van der Waals surface area contributed by atoms with Crippen molar-refractivity contribution in [1.82, 2.24) is 5.32 Å². The SMILES string of the molecule is CCOc1ccc(N2C(=O)/C(=C/c3ccccc3OCc3cccc(F)c3)NC2=S)cc1. The molecule has 1 heterocycles. The van der Waals surface area contributed by atoms with Crippen LogP contribution in [0.5, 0.6) is 11.5 Å². The summed E-state index contributed by atoms with van der Waals surface area (Å²) in [6.45, 7) is 2.68. The molecule has 0 aliphatic carbocycles. The van der Waals surface area contributed by atoms with Gasteiger partial charge in [-0.05, 0) is 73.2 Å². The van der Waals surface area contributed by atoms with Gasteiger partial charge in [0.05, 0.1) is 12.3 Å². The first-order chi connectivity index (χ1) is 15.5. The van der Waals surface area contributed by atoms with E-state index < -0.39 is 0 Å². The average Bonchev–Trinajstić information content (AvgIpc) is 3.07. The smallest absolute Gasteiger partial charge is 0.281 e. The minimum absolute atomic E-state index is 0.204. The van der Waals surface area contributed by atoms with E-state index in [9.17, 15) is 9.18 Å². The fraction of sp³-hybridized carbons (Fsp3) is 0.120. The number of hydrogen-bond acceptors (Lipinski definition) is 4. The van der Waals surface area contributed by atoms with Crippen LogP contribution in [0, 0.1) is 5.82 Å². The number of nitrogens with one attached hydrogen (secondary N) is 1. The van der Waals surface area contributed by atoms with E-state index in [1.807, 2.05) is 25.1 Å².